The van der Waals surface area contributed by atoms with Gasteiger partial charge in [-0.2, -0.15) is 0 Å². The summed E-state index contributed by atoms with van der Waals surface area (Å²) in [6, 6.07) is 0.358. The van der Waals surface area contributed by atoms with E-state index < -0.39 is 0 Å². The molecule has 0 aliphatic rings. The van der Waals surface area contributed by atoms with Crippen molar-refractivity contribution in [1.82, 2.24) is 9.97 Å². The fraction of sp³-hybridized carbons (Fsp3) is 0.556. The molecule has 1 aromatic rings. The molecule has 0 aliphatic heterocycles. The highest BCUT2D eigenvalue weighted by molar-refractivity contribution is 5.73. The number of nitrogens with one attached hydrogen (secondary N) is 2. The van der Waals surface area contributed by atoms with Crippen LogP contribution in [-0.2, 0) is 0 Å². The summed E-state index contributed by atoms with van der Waals surface area (Å²) in [5.41, 5.74) is 6.41. The van der Waals surface area contributed by atoms with Crippen molar-refractivity contribution < 1.29 is 0 Å². The average Bonchev–Trinajstić information content (AvgIpc) is 2.21. The molecule has 5 heteroatoms. The van der Waals surface area contributed by atoms with E-state index in [1.165, 1.54) is 6.33 Å². The third-order valence-electron chi connectivity index (χ3n) is 2.12. The zero-order valence-corrected chi connectivity index (χ0v) is 8.83. The Morgan fingerprint density at radius 2 is 2.07 bits per heavy atom. The molecule has 0 bridgehead atoms. The highest BCUT2D eigenvalue weighted by Crippen LogP contribution is 2.22. The molecule has 14 heavy (non-hydrogen) atoms. The molecule has 0 saturated heterocycles. The zero-order valence-electron chi connectivity index (χ0n) is 8.83. The lowest BCUT2D eigenvalue weighted by atomic mass is 10.2. The SMILES string of the molecule is CCC(C)Nc1ncnc(NC)c1N. The van der Waals surface area contributed by atoms with Gasteiger partial charge in [0.15, 0.2) is 11.6 Å². The Morgan fingerprint density at radius 1 is 1.43 bits per heavy atom. The Kier molecular flexibility index (Phi) is 3.50. The summed E-state index contributed by atoms with van der Waals surface area (Å²) in [5.74, 6) is 1.35. The van der Waals surface area contributed by atoms with Gasteiger partial charge >= 0.3 is 0 Å². The quantitative estimate of drug-likeness (QED) is 0.675. The Labute approximate surface area is 84.1 Å². The Bertz CT molecular complexity index is 299. The normalized spacial score (nSPS) is 12.2. The molecule has 0 fully saturated rings. The largest absolute Gasteiger partial charge is 0.393 e. The summed E-state index contributed by atoms with van der Waals surface area (Å²) in [5, 5.41) is 6.13. The Morgan fingerprint density at radius 3 is 2.64 bits per heavy atom. The first-order valence-corrected chi connectivity index (χ1v) is 4.73. The van der Waals surface area contributed by atoms with Gasteiger partial charge in [-0.15, -0.1) is 0 Å². The number of nitrogens with two attached hydrogens (primary N) is 1. The maximum Gasteiger partial charge on any atom is 0.155 e. The molecule has 0 aliphatic carbocycles. The number of aromatic nitrogens is 2. The topological polar surface area (TPSA) is 75.9 Å². The van der Waals surface area contributed by atoms with Crippen LogP contribution in [-0.4, -0.2) is 23.1 Å². The first kappa shape index (κ1) is 10.6. The van der Waals surface area contributed by atoms with Crippen LogP contribution in [0.4, 0.5) is 17.3 Å². The smallest absolute Gasteiger partial charge is 0.155 e. The first-order chi connectivity index (χ1) is 6.69. The lowest BCUT2D eigenvalue weighted by Gasteiger charge is -2.14. The van der Waals surface area contributed by atoms with Crippen molar-refractivity contribution in [3.8, 4) is 0 Å². The van der Waals surface area contributed by atoms with Crippen molar-refractivity contribution in [3.63, 3.8) is 0 Å². The second-order valence-corrected chi connectivity index (χ2v) is 3.19. The van der Waals surface area contributed by atoms with E-state index in [9.17, 15) is 0 Å². The fourth-order valence-electron chi connectivity index (χ4n) is 1.05. The average molecular weight is 195 g/mol. The molecule has 0 amide bonds. The number of nitrogen functional groups attached to an aromatic ring is 1. The number of rotatable bonds is 4. The molecule has 4 N–H and O–H groups in total. The van der Waals surface area contributed by atoms with Gasteiger partial charge < -0.3 is 16.4 Å². The third-order valence-corrected chi connectivity index (χ3v) is 2.12. The van der Waals surface area contributed by atoms with Gasteiger partial charge in [-0.25, -0.2) is 9.97 Å². The van der Waals surface area contributed by atoms with Crippen LogP contribution in [0.3, 0.4) is 0 Å². The van der Waals surface area contributed by atoms with Gasteiger partial charge in [-0.05, 0) is 13.3 Å². The van der Waals surface area contributed by atoms with Crippen LogP contribution in [0.2, 0.25) is 0 Å². The second kappa shape index (κ2) is 4.64. The summed E-state index contributed by atoms with van der Waals surface area (Å²) < 4.78 is 0. The van der Waals surface area contributed by atoms with E-state index >= 15 is 0 Å². The molecule has 0 saturated carbocycles. The Balaban J connectivity index is 2.86. The van der Waals surface area contributed by atoms with E-state index in [1.807, 2.05) is 0 Å². The molecule has 0 radical (unpaired) electrons. The monoisotopic (exact) mass is 195 g/mol. The molecule has 0 aromatic carbocycles. The van der Waals surface area contributed by atoms with Crippen LogP contribution >= 0.6 is 0 Å². The number of anilines is 3. The first-order valence-electron chi connectivity index (χ1n) is 4.73. The minimum atomic E-state index is 0.358. The maximum absolute atomic E-state index is 5.85. The van der Waals surface area contributed by atoms with Crippen molar-refractivity contribution in [2.24, 2.45) is 0 Å². The Hall–Kier alpha value is -1.52. The third kappa shape index (κ3) is 2.25. The van der Waals surface area contributed by atoms with Crippen LogP contribution in [0.1, 0.15) is 20.3 Å². The minimum Gasteiger partial charge on any atom is -0.393 e. The van der Waals surface area contributed by atoms with Crippen molar-refractivity contribution in [2.75, 3.05) is 23.4 Å². The van der Waals surface area contributed by atoms with Gasteiger partial charge in [-0.3, -0.25) is 0 Å². The van der Waals surface area contributed by atoms with Crippen molar-refractivity contribution >= 4 is 17.3 Å². The van der Waals surface area contributed by atoms with Gasteiger partial charge in [-0.1, -0.05) is 6.92 Å². The van der Waals surface area contributed by atoms with Crippen molar-refractivity contribution in [3.05, 3.63) is 6.33 Å². The maximum atomic E-state index is 5.85. The second-order valence-electron chi connectivity index (χ2n) is 3.19. The molecule has 0 spiro atoms. The number of hydrogen-bond donors (Lipinski definition) is 3. The van der Waals surface area contributed by atoms with Gasteiger partial charge in [0, 0.05) is 13.1 Å². The van der Waals surface area contributed by atoms with Gasteiger partial charge in [0.05, 0.1) is 0 Å². The highest BCUT2D eigenvalue weighted by Gasteiger charge is 2.07. The van der Waals surface area contributed by atoms with Crippen LogP contribution in [0.25, 0.3) is 0 Å². The summed E-state index contributed by atoms with van der Waals surface area (Å²) >= 11 is 0. The molecule has 1 unspecified atom stereocenters. The van der Waals surface area contributed by atoms with E-state index in [-0.39, 0.29) is 0 Å². The zero-order chi connectivity index (χ0) is 10.6. The van der Waals surface area contributed by atoms with Crippen molar-refractivity contribution in [2.45, 2.75) is 26.3 Å². The highest BCUT2D eigenvalue weighted by atomic mass is 15.1. The summed E-state index contributed by atoms with van der Waals surface area (Å²) in [4.78, 5) is 8.09. The molecular formula is C9H17N5. The fourth-order valence-corrected chi connectivity index (χ4v) is 1.05. The molecular weight excluding hydrogens is 178 g/mol. The summed E-state index contributed by atoms with van der Waals surface area (Å²) in [6.07, 6.45) is 2.52. The molecule has 1 heterocycles. The summed E-state index contributed by atoms with van der Waals surface area (Å²) in [6.45, 7) is 4.19. The van der Waals surface area contributed by atoms with E-state index in [0.717, 1.165) is 6.42 Å². The van der Waals surface area contributed by atoms with E-state index in [2.05, 4.69) is 34.4 Å². The summed E-state index contributed by atoms with van der Waals surface area (Å²) in [7, 11) is 1.78. The van der Waals surface area contributed by atoms with E-state index in [1.54, 1.807) is 7.05 Å². The predicted octanol–water partition coefficient (Wildman–Crippen LogP) is 1.31. The van der Waals surface area contributed by atoms with E-state index in [4.69, 9.17) is 5.73 Å². The van der Waals surface area contributed by atoms with Crippen LogP contribution in [0, 0.1) is 0 Å². The minimum absolute atomic E-state index is 0.358. The molecule has 1 atom stereocenters. The number of nitrogens with zero attached hydrogens (tertiary/aromatic N) is 2. The van der Waals surface area contributed by atoms with Gasteiger partial charge in [0.25, 0.3) is 0 Å². The molecule has 5 nitrogen and oxygen atoms in total. The van der Waals surface area contributed by atoms with Gasteiger partial charge in [0.2, 0.25) is 0 Å². The van der Waals surface area contributed by atoms with Crippen molar-refractivity contribution in [1.29, 1.82) is 0 Å². The van der Waals surface area contributed by atoms with Crippen LogP contribution < -0.4 is 16.4 Å². The standard InChI is InChI=1S/C9H17N5/c1-4-6(2)14-9-7(10)8(11-3)12-5-13-9/h5-6H,4,10H2,1-3H3,(H2,11,12,13,14). The van der Waals surface area contributed by atoms with Crippen LogP contribution in [0.15, 0.2) is 6.33 Å². The van der Waals surface area contributed by atoms with Crippen LogP contribution in [0.5, 0.6) is 0 Å². The predicted molar refractivity (Wildman–Crippen MR) is 59.4 cm³/mol. The number of hydrogen-bond acceptors (Lipinski definition) is 5. The van der Waals surface area contributed by atoms with E-state index in [0.29, 0.717) is 23.4 Å². The molecule has 78 valence electrons. The lowest BCUT2D eigenvalue weighted by Crippen LogP contribution is -2.16. The van der Waals surface area contributed by atoms with Gasteiger partial charge in [0.1, 0.15) is 12.0 Å². The lowest BCUT2D eigenvalue weighted by molar-refractivity contribution is 0.759. The molecule has 1 aromatic heterocycles. The molecule has 1 rings (SSSR count).